The number of ketones is 1. The number of hydrogen-bond acceptors (Lipinski definition) is 2. The van der Waals surface area contributed by atoms with Crippen molar-refractivity contribution in [2.24, 2.45) is 5.73 Å². The monoisotopic (exact) mass is 153 g/mol. The van der Waals surface area contributed by atoms with Crippen molar-refractivity contribution in [3.05, 3.63) is 11.6 Å². The maximum Gasteiger partial charge on any atom is 0.175 e. The molecule has 2 nitrogen and oxygen atoms in total. The molecule has 1 aliphatic carbocycles. The second kappa shape index (κ2) is 3.67. The van der Waals surface area contributed by atoms with E-state index in [1.54, 1.807) is 0 Å². The predicted octanol–water partition coefficient (Wildman–Crippen LogP) is 1.40. The SMILES string of the molecule is C/C=C1\CCCC[C@H](N)C1=O. The normalized spacial score (nSPS) is 30.5. The van der Waals surface area contributed by atoms with Crippen LogP contribution in [0.5, 0.6) is 0 Å². The molecule has 0 saturated heterocycles. The van der Waals surface area contributed by atoms with Gasteiger partial charge in [-0.2, -0.15) is 0 Å². The van der Waals surface area contributed by atoms with Gasteiger partial charge in [0.1, 0.15) is 0 Å². The first-order valence-corrected chi connectivity index (χ1v) is 4.20. The fourth-order valence-corrected chi connectivity index (χ4v) is 1.46. The Hall–Kier alpha value is -0.630. The van der Waals surface area contributed by atoms with Crippen LogP contribution in [-0.2, 0) is 4.79 Å². The van der Waals surface area contributed by atoms with E-state index in [0.29, 0.717) is 0 Å². The van der Waals surface area contributed by atoms with Crippen LogP contribution in [0.15, 0.2) is 11.6 Å². The lowest BCUT2D eigenvalue weighted by Crippen LogP contribution is -2.29. The summed E-state index contributed by atoms with van der Waals surface area (Å²) in [5.41, 5.74) is 6.58. The molecular weight excluding hydrogens is 138 g/mol. The predicted molar refractivity (Wildman–Crippen MR) is 45.2 cm³/mol. The van der Waals surface area contributed by atoms with Crippen molar-refractivity contribution in [2.75, 3.05) is 0 Å². The van der Waals surface area contributed by atoms with Crippen LogP contribution in [-0.4, -0.2) is 11.8 Å². The van der Waals surface area contributed by atoms with Crippen LogP contribution >= 0.6 is 0 Å². The molecule has 0 radical (unpaired) electrons. The summed E-state index contributed by atoms with van der Waals surface area (Å²) in [6, 6.07) is -0.233. The Morgan fingerprint density at radius 3 is 2.91 bits per heavy atom. The summed E-state index contributed by atoms with van der Waals surface area (Å²) >= 11 is 0. The molecule has 0 aromatic carbocycles. The number of nitrogens with two attached hydrogens (primary N) is 1. The molecule has 0 amide bonds. The van der Waals surface area contributed by atoms with Crippen LogP contribution in [0, 0.1) is 0 Å². The van der Waals surface area contributed by atoms with Crippen molar-refractivity contribution in [1.29, 1.82) is 0 Å². The molecule has 11 heavy (non-hydrogen) atoms. The Labute approximate surface area is 67.5 Å². The molecule has 0 bridgehead atoms. The first-order valence-electron chi connectivity index (χ1n) is 4.20. The zero-order valence-corrected chi connectivity index (χ0v) is 6.97. The smallest absolute Gasteiger partial charge is 0.175 e. The van der Waals surface area contributed by atoms with E-state index in [1.807, 2.05) is 13.0 Å². The van der Waals surface area contributed by atoms with E-state index >= 15 is 0 Å². The third-order valence-corrected chi connectivity index (χ3v) is 2.21. The lowest BCUT2D eigenvalue weighted by molar-refractivity contribution is -0.116. The number of carbonyl (C=O) groups excluding carboxylic acids is 1. The third-order valence-electron chi connectivity index (χ3n) is 2.21. The van der Waals surface area contributed by atoms with Gasteiger partial charge in [-0.3, -0.25) is 4.79 Å². The van der Waals surface area contributed by atoms with Crippen molar-refractivity contribution >= 4 is 5.78 Å². The minimum absolute atomic E-state index is 0.157. The van der Waals surface area contributed by atoms with Crippen LogP contribution in [0.1, 0.15) is 32.6 Å². The second-order valence-electron chi connectivity index (χ2n) is 3.03. The van der Waals surface area contributed by atoms with Gasteiger partial charge in [0.2, 0.25) is 0 Å². The number of carbonyl (C=O) groups is 1. The van der Waals surface area contributed by atoms with Gasteiger partial charge in [0.15, 0.2) is 5.78 Å². The zero-order valence-electron chi connectivity index (χ0n) is 6.97. The summed E-state index contributed by atoms with van der Waals surface area (Å²) < 4.78 is 0. The zero-order chi connectivity index (χ0) is 8.27. The lowest BCUT2D eigenvalue weighted by Gasteiger charge is -2.05. The fourth-order valence-electron chi connectivity index (χ4n) is 1.46. The van der Waals surface area contributed by atoms with Gasteiger partial charge in [-0.25, -0.2) is 0 Å². The number of allylic oxidation sites excluding steroid dienone is 1. The molecule has 2 N–H and O–H groups in total. The fraction of sp³-hybridized carbons (Fsp3) is 0.667. The van der Waals surface area contributed by atoms with Crippen LogP contribution < -0.4 is 5.73 Å². The first-order chi connectivity index (χ1) is 5.25. The topological polar surface area (TPSA) is 43.1 Å². The first kappa shape index (κ1) is 8.47. The van der Waals surface area contributed by atoms with Gasteiger partial charge in [-0.15, -0.1) is 0 Å². The highest BCUT2D eigenvalue weighted by atomic mass is 16.1. The van der Waals surface area contributed by atoms with Gasteiger partial charge in [-0.05, 0) is 31.8 Å². The maximum atomic E-state index is 11.4. The van der Waals surface area contributed by atoms with Gasteiger partial charge in [0.25, 0.3) is 0 Å². The van der Waals surface area contributed by atoms with E-state index in [4.69, 9.17) is 5.73 Å². The van der Waals surface area contributed by atoms with E-state index in [9.17, 15) is 4.79 Å². The van der Waals surface area contributed by atoms with Gasteiger partial charge in [-0.1, -0.05) is 12.5 Å². The van der Waals surface area contributed by atoms with Crippen LogP contribution in [0.2, 0.25) is 0 Å². The molecule has 0 spiro atoms. The summed E-state index contributed by atoms with van der Waals surface area (Å²) in [4.78, 5) is 11.4. The van der Waals surface area contributed by atoms with E-state index in [1.165, 1.54) is 0 Å². The molecule has 0 aliphatic heterocycles. The van der Waals surface area contributed by atoms with Crippen LogP contribution in [0.3, 0.4) is 0 Å². The van der Waals surface area contributed by atoms with Crippen molar-refractivity contribution in [3.8, 4) is 0 Å². The van der Waals surface area contributed by atoms with E-state index in [-0.39, 0.29) is 11.8 Å². The minimum Gasteiger partial charge on any atom is -0.321 e. The van der Waals surface area contributed by atoms with Crippen molar-refractivity contribution in [2.45, 2.75) is 38.6 Å². The van der Waals surface area contributed by atoms with E-state index in [2.05, 4.69) is 0 Å². The molecule has 0 aromatic rings. The summed E-state index contributed by atoms with van der Waals surface area (Å²) in [7, 11) is 0. The molecule has 0 aromatic heterocycles. The quantitative estimate of drug-likeness (QED) is 0.422. The molecule has 1 saturated carbocycles. The molecule has 0 unspecified atom stereocenters. The Morgan fingerprint density at radius 2 is 2.27 bits per heavy atom. The average molecular weight is 153 g/mol. The number of rotatable bonds is 0. The number of Topliss-reactive ketones (excluding diaryl/α,β-unsaturated/α-hetero) is 1. The van der Waals surface area contributed by atoms with Crippen molar-refractivity contribution < 1.29 is 4.79 Å². The highest BCUT2D eigenvalue weighted by Crippen LogP contribution is 2.18. The Kier molecular flexibility index (Phi) is 2.83. The van der Waals surface area contributed by atoms with E-state index in [0.717, 1.165) is 31.3 Å². The highest BCUT2D eigenvalue weighted by molar-refractivity contribution is 5.99. The molecule has 2 heteroatoms. The Balaban J connectivity index is 2.73. The summed E-state index contributed by atoms with van der Waals surface area (Å²) in [6.07, 6.45) is 5.87. The molecular formula is C9H15NO. The lowest BCUT2D eigenvalue weighted by atomic mass is 10.0. The third kappa shape index (κ3) is 1.90. The van der Waals surface area contributed by atoms with Gasteiger partial charge < -0.3 is 5.73 Å². The molecule has 1 aliphatic rings. The minimum atomic E-state index is -0.233. The highest BCUT2D eigenvalue weighted by Gasteiger charge is 2.19. The average Bonchev–Trinajstić information content (AvgIpc) is 2.16. The van der Waals surface area contributed by atoms with Crippen LogP contribution in [0.4, 0.5) is 0 Å². The van der Waals surface area contributed by atoms with Gasteiger partial charge in [0, 0.05) is 0 Å². The largest absolute Gasteiger partial charge is 0.321 e. The maximum absolute atomic E-state index is 11.4. The Bertz CT molecular complexity index is 184. The second-order valence-corrected chi connectivity index (χ2v) is 3.03. The summed E-state index contributed by atoms with van der Waals surface area (Å²) in [5.74, 6) is 0.157. The van der Waals surface area contributed by atoms with Crippen molar-refractivity contribution in [1.82, 2.24) is 0 Å². The summed E-state index contributed by atoms with van der Waals surface area (Å²) in [6.45, 7) is 1.91. The molecule has 1 rings (SSSR count). The molecule has 0 heterocycles. The standard InChI is InChI=1S/C9H15NO/c1-2-7-5-3-4-6-8(10)9(7)11/h2,8H,3-6,10H2,1H3/b7-2+/t8-/m0/s1. The van der Waals surface area contributed by atoms with Crippen LogP contribution in [0.25, 0.3) is 0 Å². The molecule has 1 atom stereocenters. The molecule has 1 fully saturated rings. The van der Waals surface area contributed by atoms with Gasteiger partial charge >= 0.3 is 0 Å². The number of hydrogen-bond donors (Lipinski definition) is 1. The van der Waals surface area contributed by atoms with Crippen molar-refractivity contribution in [3.63, 3.8) is 0 Å². The van der Waals surface area contributed by atoms with E-state index < -0.39 is 0 Å². The van der Waals surface area contributed by atoms with Gasteiger partial charge in [0.05, 0.1) is 6.04 Å². The molecule has 62 valence electrons. The summed E-state index contributed by atoms with van der Waals surface area (Å²) in [5, 5.41) is 0. The Morgan fingerprint density at radius 1 is 1.55 bits per heavy atom.